The Labute approximate surface area is 146 Å². The molecular formula is C18H11ClF3NO2. The minimum absolute atomic E-state index is 0.0537. The van der Waals surface area contributed by atoms with Gasteiger partial charge in [-0.3, -0.25) is 0 Å². The Morgan fingerprint density at radius 2 is 1.76 bits per heavy atom. The van der Waals surface area contributed by atoms with Gasteiger partial charge in [0.1, 0.15) is 16.6 Å². The van der Waals surface area contributed by atoms with Crippen molar-refractivity contribution in [2.75, 3.05) is 0 Å². The van der Waals surface area contributed by atoms with E-state index in [0.717, 1.165) is 0 Å². The van der Waals surface area contributed by atoms with Crippen molar-refractivity contribution in [1.29, 1.82) is 0 Å². The van der Waals surface area contributed by atoms with Crippen LogP contribution in [0.5, 0.6) is 5.75 Å². The molecule has 0 atom stereocenters. The highest BCUT2D eigenvalue weighted by Crippen LogP contribution is 2.27. The monoisotopic (exact) mass is 365 g/mol. The number of benzene rings is 2. The van der Waals surface area contributed by atoms with Crippen molar-refractivity contribution in [3.63, 3.8) is 0 Å². The summed E-state index contributed by atoms with van der Waals surface area (Å²) in [6.07, 6.45) is 3.06. The summed E-state index contributed by atoms with van der Waals surface area (Å²) < 4.78 is 47.0. The van der Waals surface area contributed by atoms with E-state index in [1.807, 2.05) is 0 Å². The number of ether oxygens (including phenoxy) is 1. The first-order chi connectivity index (χ1) is 12.0. The van der Waals surface area contributed by atoms with Crippen molar-refractivity contribution in [3.05, 3.63) is 72.0 Å². The first kappa shape index (κ1) is 17.1. The molecule has 0 N–H and O–H groups in total. The minimum Gasteiger partial charge on any atom is -0.435 e. The van der Waals surface area contributed by atoms with Gasteiger partial charge in [0.05, 0.1) is 6.20 Å². The molecule has 0 spiro atoms. The summed E-state index contributed by atoms with van der Waals surface area (Å²) in [5.41, 5.74) is 1.33. The zero-order valence-electron chi connectivity index (χ0n) is 12.6. The standard InChI is InChI=1S/C18H11ClF3NO2/c19-15(9-11-1-7-14(8-2-11)24-18(21)22)17-23-10-16(25-17)12-3-5-13(20)6-4-12/h1-10,18H. The molecule has 0 amide bonds. The van der Waals surface area contributed by atoms with Crippen molar-refractivity contribution in [1.82, 2.24) is 4.98 Å². The van der Waals surface area contributed by atoms with E-state index in [2.05, 4.69) is 9.72 Å². The average molecular weight is 366 g/mol. The molecule has 1 heterocycles. The van der Waals surface area contributed by atoms with Crippen molar-refractivity contribution in [2.45, 2.75) is 6.61 Å². The number of aromatic nitrogens is 1. The van der Waals surface area contributed by atoms with E-state index in [-0.39, 0.29) is 22.5 Å². The highest BCUT2D eigenvalue weighted by atomic mass is 35.5. The molecular weight excluding hydrogens is 355 g/mol. The molecule has 7 heteroatoms. The molecule has 0 aliphatic rings. The zero-order valence-corrected chi connectivity index (χ0v) is 13.4. The van der Waals surface area contributed by atoms with E-state index in [1.165, 1.54) is 30.5 Å². The van der Waals surface area contributed by atoms with E-state index in [0.29, 0.717) is 16.9 Å². The van der Waals surface area contributed by atoms with Gasteiger partial charge in [-0.05, 0) is 48.0 Å². The third-order valence-electron chi connectivity index (χ3n) is 3.24. The summed E-state index contributed by atoms with van der Waals surface area (Å²) in [6, 6.07) is 11.7. The van der Waals surface area contributed by atoms with Gasteiger partial charge in [0.25, 0.3) is 0 Å². The molecule has 0 unspecified atom stereocenters. The van der Waals surface area contributed by atoms with Crippen LogP contribution in [0.2, 0.25) is 0 Å². The molecule has 1 aromatic heterocycles. The fourth-order valence-corrected chi connectivity index (χ4v) is 2.30. The lowest BCUT2D eigenvalue weighted by atomic mass is 10.2. The quantitative estimate of drug-likeness (QED) is 0.571. The molecule has 0 aliphatic heterocycles. The molecule has 3 nitrogen and oxygen atoms in total. The SMILES string of the molecule is Fc1ccc(-c2cnc(C(Cl)=Cc3ccc(OC(F)F)cc3)o2)cc1. The molecule has 0 radical (unpaired) electrons. The van der Waals surface area contributed by atoms with E-state index in [1.54, 1.807) is 30.3 Å². The molecule has 0 aliphatic carbocycles. The van der Waals surface area contributed by atoms with Crippen LogP contribution < -0.4 is 4.74 Å². The van der Waals surface area contributed by atoms with Gasteiger partial charge in [-0.25, -0.2) is 9.37 Å². The summed E-state index contributed by atoms with van der Waals surface area (Å²) in [6.45, 7) is -2.87. The van der Waals surface area contributed by atoms with Gasteiger partial charge in [-0.15, -0.1) is 0 Å². The molecule has 25 heavy (non-hydrogen) atoms. The Balaban J connectivity index is 1.77. The van der Waals surface area contributed by atoms with Crippen LogP contribution in [0.15, 0.2) is 59.1 Å². The van der Waals surface area contributed by atoms with Crippen LogP contribution >= 0.6 is 11.6 Å². The summed E-state index contributed by atoms with van der Waals surface area (Å²) in [5, 5.41) is 0.232. The Morgan fingerprint density at radius 3 is 2.40 bits per heavy atom. The number of halogens is 4. The third kappa shape index (κ3) is 4.42. The van der Waals surface area contributed by atoms with E-state index >= 15 is 0 Å². The fourth-order valence-electron chi connectivity index (χ4n) is 2.09. The van der Waals surface area contributed by atoms with Gasteiger partial charge in [-0.1, -0.05) is 23.7 Å². The lowest BCUT2D eigenvalue weighted by Crippen LogP contribution is -2.01. The Kier molecular flexibility index (Phi) is 5.09. The van der Waals surface area contributed by atoms with Gasteiger partial charge < -0.3 is 9.15 Å². The molecule has 0 saturated carbocycles. The fraction of sp³-hybridized carbons (Fsp3) is 0.0556. The van der Waals surface area contributed by atoms with Crippen LogP contribution in [0, 0.1) is 5.82 Å². The van der Waals surface area contributed by atoms with E-state index in [4.69, 9.17) is 16.0 Å². The van der Waals surface area contributed by atoms with Gasteiger partial charge in [-0.2, -0.15) is 8.78 Å². The lowest BCUT2D eigenvalue weighted by Gasteiger charge is -2.04. The number of rotatable bonds is 5. The minimum atomic E-state index is -2.87. The summed E-state index contributed by atoms with van der Waals surface area (Å²) in [4.78, 5) is 4.08. The van der Waals surface area contributed by atoms with Crippen LogP contribution in [0.1, 0.15) is 11.5 Å². The highest BCUT2D eigenvalue weighted by molar-refractivity contribution is 6.50. The lowest BCUT2D eigenvalue weighted by molar-refractivity contribution is -0.0498. The van der Waals surface area contributed by atoms with Crippen LogP contribution in [0.25, 0.3) is 22.4 Å². The predicted molar refractivity (Wildman–Crippen MR) is 88.7 cm³/mol. The second kappa shape index (κ2) is 7.44. The van der Waals surface area contributed by atoms with Crippen molar-refractivity contribution in [2.24, 2.45) is 0 Å². The Morgan fingerprint density at radius 1 is 1.08 bits per heavy atom. The smallest absolute Gasteiger partial charge is 0.387 e. The largest absolute Gasteiger partial charge is 0.435 e. The predicted octanol–water partition coefficient (Wildman–Crippen LogP) is 5.82. The van der Waals surface area contributed by atoms with Crippen LogP contribution in [0.3, 0.4) is 0 Å². The Bertz CT molecular complexity index is 874. The first-order valence-corrected chi connectivity index (χ1v) is 7.53. The number of hydrogen-bond acceptors (Lipinski definition) is 3. The highest BCUT2D eigenvalue weighted by Gasteiger charge is 2.10. The normalized spacial score (nSPS) is 11.8. The number of alkyl halides is 2. The average Bonchev–Trinajstić information content (AvgIpc) is 3.07. The molecule has 2 aromatic carbocycles. The zero-order chi connectivity index (χ0) is 17.8. The van der Waals surface area contributed by atoms with Crippen LogP contribution in [-0.2, 0) is 0 Å². The first-order valence-electron chi connectivity index (χ1n) is 7.15. The van der Waals surface area contributed by atoms with Crippen molar-refractivity contribution >= 4 is 22.7 Å². The molecule has 128 valence electrons. The summed E-state index contributed by atoms with van der Waals surface area (Å²) in [7, 11) is 0. The molecule has 0 bridgehead atoms. The summed E-state index contributed by atoms with van der Waals surface area (Å²) >= 11 is 6.18. The van der Waals surface area contributed by atoms with Gasteiger partial charge in [0, 0.05) is 5.56 Å². The van der Waals surface area contributed by atoms with Gasteiger partial charge in [0.2, 0.25) is 5.89 Å². The third-order valence-corrected chi connectivity index (χ3v) is 3.51. The number of nitrogens with zero attached hydrogens (tertiary/aromatic N) is 1. The maximum Gasteiger partial charge on any atom is 0.387 e. The Hall–Kier alpha value is -2.73. The molecule has 0 fully saturated rings. The van der Waals surface area contributed by atoms with E-state index in [9.17, 15) is 13.2 Å². The topological polar surface area (TPSA) is 35.3 Å². The molecule has 0 saturated heterocycles. The van der Waals surface area contributed by atoms with Gasteiger partial charge in [0.15, 0.2) is 5.76 Å². The second-order valence-electron chi connectivity index (χ2n) is 4.98. The maximum absolute atomic E-state index is 12.9. The molecule has 3 aromatic rings. The van der Waals surface area contributed by atoms with Crippen LogP contribution in [-0.4, -0.2) is 11.6 Å². The maximum atomic E-state index is 12.9. The van der Waals surface area contributed by atoms with Crippen LogP contribution in [0.4, 0.5) is 13.2 Å². The number of hydrogen-bond donors (Lipinski definition) is 0. The van der Waals surface area contributed by atoms with Crippen molar-refractivity contribution in [3.8, 4) is 17.1 Å². The molecule has 3 rings (SSSR count). The van der Waals surface area contributed by atoms with Gasteiger partial charge >= 0.3 is 6.61 Å². The second-order valence-corrected chi connectivity index (χ2v) is 5.38. The van der Waals surface area contributed by atoms with E-state index < -0.39 is 6.61 Å². The number of oxazole rings is 1. The van der Waals surface area contributed by atoms with Crippen molar-refractivity contribution < 1.29 is 22.3 Å². The summed E-state index contributed by atoms with van der Waals surface area (Å²) in [5.74, 6) is 0.342.